The van der Waals surface area contributed by atoms with Crippen molar-refractivity contribution in [1.82, 2.24) is 29.7 Å². The van der Waals surface area contributed by atoms with Crippen LogP contribution < -0.4 is 0 Å². The fraction of sp³-hybridized carbons (Fsp3) is 0.487. The Morgan fingerprint density at radius 1 is 0.740 bits per heavy atom. The number of halogens is 1. The van der Waals surface area contributed by atoms with Crippen molar-refractivity contribution in [2.24, 2.45) is 5.92 Å². The summed E-state index contributed by atoms with van der Waals surface area (Å²) in [6.45, 7) is 17.5. The fourth-order valence-electron chi connectivity index (χ4n) is 6.98. The Morgan fingerprint density at radius 2 is 1.28 bits per heavy atom. The van der Waals surface area contributed by atoms with Crippen LogP contribution in [0.2, 0.25) is 5.15 Å². The van der Waals surface area contributed by atoms with Gasteiger partial charge in [0.1, 0.15) is 33.7 Å². The number of hydrogen-bond acceptors (Lipinski definition) is 6. The van der Waals surface area contributed by atoms with E-state index in [1.54, 1.807) is 4.90 Å². The van der Waals surface area contributed by atoms with Gasteiger partial charge in [0, 0.05) is 17.6 Å². The largest absolute Gasteiger partial charge is 0.444 e. The molecule has 4 heterocycles. The average molecular weight is 701 g/mol. The third kappa shape index (κ3) is 7.41. The Hall–Kier alpha value is -4.31. The zero-order chi connectivity index (χ0) is 36.1. The Balaban J connectivity index is 1.15. The van der Waals surface area contributed by atoms with Crippen molar-refractivity contribution in [2.75, 3.05) is 0 Å². The number of likely N-dealkylation sites (tertiary alicyclic amines) is 2. The molecule has 2 aromatic heterocycles. The quantitative estimate of drug-likeness (QED) is 0.214. The second kappa shape index (κ2) is 13.4. The number of ether oxygens (including phenoxy) is 2. The van der Waals surface area contributed by atoms with Gasteiger partial charge in [-0.25, -0.2) is 19.6 Å². The number of carbonyl (C=O) groups excluding carboxylic acids is 2. The first-order valence-electron chi connectivity index (χ1n) is 17.5. The van der Waals surface area contributed by atoms with Crippen LogP contribution in [0.15, 0.2) is 54.7 Å². The summed E-state index contributed by atoms with van der Waals surface area (Å²) < 4.78 is 11.4. The fourth-order valence-corrected chi connectivity index (χ4v) is 7.23. The minimum atomic E-state index is -0.583. The number of aromatic amines is 2. The van der Waals surface area contributed by atoms with Crippen molar-refractivity contribution in [1.29, 1.82) is 0 Å². The monoisotopic (exact) mass is 700 g/mol. The van der Waals surface area contributed by atoms with Crippen LogP contribution in [-0.4, -0.2) is 65.2 Å². The number of nitrogens with zero attached hydrogens (tertiary/aromatic N) is 4. The van der Waals surface area contributed by atoms with Gasteiger partial charge in [-0.05, 0) is 97.3 Å². The van der Waals surface area contributed by atoms with Gasteiger partial charge in [0.05, 0.1) is 24.0 Å². The molecular formula is C39H49ClN6O4. The molecule has 2 unspecified atom stereocenters. The lowest BCUT2D eigenvalue weighted by molar-refractivity contribution is 0.0134. The topological polar surface area (TPSA) is 116 Å². The van der Waals surface area contributed by atoms with Gasteiger partial charge in [-0.1, -0.05) is 67.1 Å². The van der Waals surface area contributed by atoms with Gasteiger partial charge in [-0.15, -0.1) is 0 Å². The Bertz CT molecular complexity index is 1840. The predicted molar refractivity (Wildman–Crippen MR) is 196 cm³/mol. The summed E-state index contributed by atoms with van der Waals surface area (Å²) in [4.78, 5) is 46.1. The number of hydrogen-bond donors (Lipinski definition) is 2. The zero-order valence-corrected chi connectivity index (χ0v) is 31.3. The van der Waals surface area contributed by atoms with E-state index in [4.69, 9.17) is 31.0 Å². The summed E-state index contributed by atoms with van der Waals surface area (Å²) in [7, 11) is 0. The highest BCUT2D eigenvalue weighted by Gasteiger charge is 2.43. The van der Waals surface area contributed by atoms with Crippen LogP contribution in [0.3, 0.4) is 0 Å². The number of benzene rings is 2. The maximum absolute atomic E-state index is 13.1. The third-order valence-corrected chi connectivity index (χ3v) is 9.94. The normalized spacial score (nSPS) is 22.6. The maximum atomic E-state index is 13.1. The highest BCUT2D eigenvalue weighted by atomic mass is 35.5. The van der Waals surface area contributed by atoms with Crippen LogP contribution in [-0.2, 0) is 9.47 Å². The predicted octanol–water partition coefficient (Wildman–Crippen LogP) is 9.95. The lowest BCUT2D eigenvalue weighted by atomic mass is 10.0. The van der Waals surface area contributed by atoms with Crippen molar-refractivity contribution in [3.8, 4) is 33.6 Å². The van der Waals surface area contributed by atoms with Crippen molar-refractivity contribution in [3.63, 3.8) is 0 Å². The Kier molecular flexibility index (Phi) is 9.54. The van der Waals surface area contributed by atoms with Crippen molar-refractivity contribution in [3.05, 3.63) is 71.5 Å². The smallest absolute Gasteiger partial charge is 0.411 e. The molecule has 0 spiro atoms. The second-order valence-electron chi connectivity index (χ2n) is 15.8. The van der Waals surface area contributed by atoms with Gasteiger partial charge in [-0.3, -0.25) is 9.80 Å². The first-order chi connectivity index (χ1) is 23.5. The number of carbonyl (C=O) groups is 2. The van der Waals surface area contributed by atoms with Gasteiger partial charge < -0.3 is 19.4 Å². The lowest BCUT2D eigenvalue weighted by Crippen LogP contribution is -2.41. The number of nitrogens with one attached hydrogen (secondary N) is 2. The summed E-state index contributed by atoms with van der Waals surface area (Å²) >= 11 is 6.68. The number of amides is 2. The van der Waals surface area contributed by atoms with E-state index in [0.29, 0.717) is 22.6 Å². The van der Waals surface area contributed by atoms with E-state index in [9.17, 15) is 9.59 Å². The second-order valence-corrected chi connectivity index (χ2v) is 16.2. The molecule has 2 aliphatic heterocycles. The third-order valence-electron chi connectivity index (χ3n) is 9.66. The summed E-state index contributed by atoms with van der Waals surface area (Å²) in [5.41, 5.74) is 4.40. The Morgan fingerprint density at radius 3 is 1.86 bits per heavy atom. The van der Waals surface area contributed by atoms with E-state index in [1.807, 2.05) is 71.7 Å². The van der Waals surface area contributed by atoms with Crippen LogP contribution >= 0.6 is 11.6 Å². The van der Waals surface area contributed by atoms with Crippen molar-refractivity contribution < 1.29 is 19.1 Å². The number of H-pyrrole nitrogens is 2. The molecule has 2 aromatic carbocycles. The molecule has 2 aliphatic rings. The van der Waals surface area contributed by atoms with Gasteiger partial charge in [0.25, 0.3) is 0 Å². The summed E-state index contributed by atoms with van der Waals surface area (Å²) in [5, 5.41) is 0.440. The SMILES string of the molecule is CC1C[C@@H](c2ncc(-c3ccc(-c4ccc(-c5nc([C@@H]6CCC(C)N6C(=O)OC(C)(C)C)[nH]c5Cl)cc4)cc3)[nH]2)N(C(=O)OC(C)(C)C)[C@@H]1C. The first-order valence-corrected chi connectivity index (χ1v) is 17.9. The standard InChI is InChI=1S/C39H49ClN6O4/c1-22-20-31(46(24(22)3)37(48)50-39(7,8)9)34-41-21-29(42-34)27-15-11-25(12-16-27)26-13-17-28(18-14-26)32-33(40)44-35(43-32)30-19-10-23(2)45(30)36(47)49-38(4,5)6/h11-18,21-24,30-31H,10,19-20H2,1-9H3,(H,41,42)(H,43,44)/t22?,23?,24-,30+,31+/m1/s1. The maximum Gasteiger partial charge on any atom is 0.411 e. The molecule has 11 heteroatoms. The highest BCUT2D eigenvalue weighted by Crippen LogP contribution is 2.41. The van der Waals surface area contributed by atoms with Gasteiger partial charge in [0.15, 0.2) is 0 Å². The molecule has 2 N–H and O–H groups in total. The van der Waals surface area contributed by atoms with E-state index in [0.717, 1.165) is 53.0 Å². The summed E-state index contributed by atoms with van der Waals surface area (Å²) in [5.74, 6) is 1.75. The van der Waals surface area contributed by atoms with Crippen molar-refractivity contribution in [2.45, 2.75) is 117 Å². The van der Waals surface area contributed by atoms with Gasteiger partial charge in [0.2, 0.25) is 0 Å². The molecule has 6 rings (SSSR count). The van der Waals surface area contributed by atoms with E-state index < -0.39 is 11.2 Å². The molecule has 266 valence electrons. The van der Waals surface area contributed by atoms with Crippen LogP contribution in [0.25, 0.3) is 33.6 Å². The molecular weight excluding hydrogens is 652 g/mol. The van der Waals surface area contributed by atoms with E-state index in [2.05, 4.69) is 60.2 Å². The van der Waals surface area contributed by atoms with Crippen molar-refractivity contribution >= 4 is 23.8 Å². The highest BCUT2D eigenvalue weighted by molar-refractivity contribution is 6.31. The summed E-state index contributed by atoms with van der Waals surface area (Å²) in [6, 6.07) is 16.1. The van der Waals surface area contributed by atoms with Crippen LogP contribution in [0.5, 0.6) is 0 Å². The van der Waals surface area contributed by atoms with Crippen LogP contribution in [0.1, 0.15) is 105 Å². The van der Waals surface area contributed by atoms with Gasteiger partial charge >= 0.3 is 12.2 Å². The molecule has 10 nitrogen and oxygen atoms in total. The molecule has 2 saturated heterocycles. The van der Waals surface area contributed by atoms with Crippen LogP contribution in [0.4, 0.5) is 9.59 Å². The van der Waals surface area contributed by atoms with Gasteiger partial charge in [-0.2, -0.15) is 0 Å². The average Bonchev–Trinajstić information content (AvgIpc) is 3.82. The first kappa shape index (κ1) is 35.5. The number of aromatic nitrogens is 4. The lowest BCUT2D eigenvalue weighted by Gasteiger charge is -2.31. The molecule has 0 bridgehead atoms. The molecule has 0 saturated carbocycles. The zero-order valence-electron chi connectivity index (χ0n) is 30.5. The molecule has 2 fully saturated rings. The molecule has 2 amide bonds. The minimum absolute atomic E-state index is 0.0395. The number of imidazole rings is 2. The van der Waals surface area contributed by atoms with E-state index >= 15 is 0 Å². The minimum Gasteiger partial charge on any atom is -0.444 e. The molecule has 5 atom stereocenters. The number of rotatable bonds is 5. The van der Waals surface area contributed by atoms with E-state index in [-0.39, 0.29) is 36.4 Å². The summed E-state index contributed by atoms with van der Waals surface area (Å²) in [6.07, 6.45) is 3.64. The van der Waals surface area contributed by atoms with Crippen LogP contribution in [0, 0.1) is 5.92 Å². The Labute approximate surface area is 299 Å². The molecule has 0 radical (unpaired) electrons. The van der Waals surface area contributed by atoms with E-state index in [1.165, 1.54) is 0 Å². The molecule has 4 aromatic rings. The molecule has 50 heavy (non-hydrogen) atoms. The molecule has 0 aliphatic carbocycles.